The number of aliphatic hydroxyl groups excluding tert-OH is 1. The van der Waals surface area contributed by atoms with Crippen LogP contribution in [-0.4, -0.2) is 35.1 Å². The van der Waals surface area contributed by atoms with Crippen LogP contribution < -0.4 is 5.73 Å². The summed E-state index contributed by atoms with van der Waals surface area (Å²) in [5, 5.41) is 9.02. The first-order chi connectivity index (χ1) is 9.57. The quantitative estimate of drug-likeness (QED) is 0.830. The fourth-order valence-corrected chi connectivity index (χ4v) is 2.60. The van der Waals surface area contributed by atoms with Gasteiger partial charge in [-0.25, -0.2) is 0 Å². The number of benzene rings is 1. The second-order valence-electron chi connectivity index (χ2n) is 5.73. The lowest BCUT2D eigenvalue weighted by molar-refractivity contribution is -0.141. The Labute approximate surface area is 120 Å². The Morgan fingerprint density at radius 1 is 1.40 bits per heavy atom. The van der Waals surface area contributed by atoms with Gasteiger partial charge in [-0.2, -0.15) is 0 Å². The number of rotatable bonds is 6. The summed E-state index contributed by atoms with van der Waals surface area (Å²) in [6.07, 6.45) is 3.86. The number of hydrogen-bond donors (Lipinski definition) is 2. The maximum atomic E-state index is 12.8. The fourth-order valence-electron chi connectivity index (χ4n) is 2.60. The summed E-state index contributed by atoms with van der Waals surface area (Å²) in [5.41, 5.74) is 6.14. The molecule has 0 bridgehead atoms. The van der Waals surface area contributed by atoms with Gasteiger partial charge in [-0.1, -0.05) is 30.3 Å². The lowest BCUT2D eigenvalue weighted by Gasteiger charge is -2.41. The normalized spacial score (nSPS) is 18.1. The summed E-state index contributed by atoms with van der Waals surface area (Å²) >= 11 is 0. The van der Waals surface area contributed by atoms with Crippen molar-refractivity contribution >= 4 is 5.91 Å². The van der Waals surface area contributed by atoms with Gasteiger partial charge in [-0.15, -0.1) is 0 Å². The second kappa shape index (κ2) is 6.37. The van der Waals surface area contributed by atoms with Gasteiger partial charge < -0.3 is 15.7 Å². The molecular formula is C16H24N2O2. The molecule has 1 aliphatic carbocycles. The van der Waals surface area contributed by atoms with Crippen molar-refractivity contribution in [3.8, 4) is 0 Å². The molecule has 4 heteroatoms. The minimum atomic E-state index is -1.01. The Balaban J connectivity index is 2.17. The number of aliphatic hydroxyl groups is 1. The molecule has 1 fully saturated rings. The summed E-state index contributed by atoms with van der Waals surface area (Å²) in [6.45, 7) is 2.46. The highest BCUT2D eigenvalue weighted by Gasteiger charge is 2.38. The largest absolute Gasteiger partial charge is 0.396 e. The lowest BCUT2D eigenvalue weighted by Crippen LogP contribution is -2.56. The third-order valence-electron chi connectivity index (χ3n) is 4.15. The minimum Gasteiger partial charge on any atom is -0.396 e. The van der Waals surface area contributed by atoms with E-state index in [-0.39, 0.29) is 12.5 Å². The second-order valence-corrected chi connectivity index (χ2v) is 5.73. The number of hydrogen-bond acceptors (Lipinski definition) is 3. The average molecular weight is 276 g/mol. The molecule has 20 heavy (non-hydrogen) atoms. The van der Waals surface area contributed by atoms with Crippen LogP contribution in [0.15, 0.2) is 30.3 Å². The van der Waals surface area contributed by atoms with Crippen LogP contribution in [0, 0.1) is 0 Å². The SMILES string of the molecule is CC(N)(C(=O)N(CCCO)C1CCC1)c1ccccc1. The van der Waals surface area contributed by atoms with Crippen molar-refractivity contribution in [2.45, 2.75) is 44.2 Å². The van der Waals surface area contributed by atoms with E-state index in [1.54, 1.807) is 6.92 Å². The van der Waals surface area contributed by atoms with Crippen LogP contribution in [0.3, 0.4) is 0 Å². The molecule has 1 atom stereocenters. The maximum Gasteiger partial charge on any atom is 0.247 e. The minimum absolute atomic E-state index is 0.0400. The van der Waals surface area contributed by atoms with Gasteiger partial charge in [0.1, 0.15) is 5.54 Å². The van der Waals surface area contributed by atoms with Gasteiger partial charge in [0.25, 0.3) is 0 Å². The number of carbonyl (C=O) groups is 1. The summed E-state index contributed by atoms with van der Waals surface area (Å²) in [6, 6.07) is 9.79. The molecule has 1 aromatic rings. The predicted octanol–water partition coefficient (Wildman–Crippen LogP) is 1.62. The van der Waals surface area contributed by atoms with Crippen molar-refractivity contribution in [2.75, 3.05) is 13.2 Å². The third kappa shape index (κ3) is 3.02. The van der Waals surface area contributed by atoms with Crippen LogP contribution in [0.1, 0.15) is 38.2 Å². The van der Waals surface area contributed by atoms with E-state index in [9.17, 15) is 4.79 Å². The smallest absolute Gasteiger partial charge is 0.247 e. The van der Waals surface area contributed by atoms with E-state index < -0.39 is 5.54 Å². The van der Waals surface area contributed by atoms with Crippen molar-refractivity contribution in [1.29, 1.82) is 0 Å². The molecule has 1 aromatic carbocycles. The Morgan fingerprint density at radius 3 is 2.55 bits per heavy atom. The first-order valence-corrected chi connectivity index (χ1v) is 7.33. The molecule has 1 aliphatic rings. The van der Waals surface area contributed by atoms with E-state index in [1.807, 2.05) is 35.2 Å². The molecule has 3 N–H and O–H groups in total. The average Bonchev–Trinajstić information content (AvgIpc) is 2.41. The molecule has 4 nitrogen and oxygen atoms in total. The van der Waals surface area contributed by atoms with Crippen LogP contribution in [0.4, 0.5) is 0 Å². The fraction of sp³-hybridized carbons (Fsp3) is 0.562. The molecule has 1 saturated carbocycles. The highest BCUT2D eigenvalue weighted by atomic mass is 16.3. The van der Waals surface area contributed by atoms with Gasteiger partial charge in [-0.05, 0) is 38.2 Å². The lowest BCUT2D eigenvalue weighted by atomic mass is 9.86. The molecule has 110 valence electrons. The van der Waals surface area contributed by atoms with E-state index in [1.165, 1.54) is 6.42 Å². The summed E-state index contributed by atoms with van der Waals surface area (Å²) < 4.78 is 0. The standard InChI is InChI=1S/C16H24N2O2/c1-16(17,13-7-3-2-4-8-13)15(20)18(11-6-12-19)14-9-5-10-14/h2-4,7-8,14,19H,5-6,9-12,17H2,1H3. The molecule has 0 saturated heterocycles. The van der Waals surface area contributed by atoms with Gasteiger partial charge in [0.2, 0.25) is 5.91 Å². The molecule has 0 aromatic heterocycles. The number of nitrogens with zero attached hydrogens (tertiary/aromatic N) is 1. The topological polar surface area (TPSA) is 66.6 Å². The Bertz CT molecular complexity index is 441. The van der Waals surface area contributed by atoms with E-state index >= 15 is 0 Å². The predicted molar refractivity (Wildman–Crippen MR) is 79.0 cm³/mol. The third-order valence-corrected chi connectivity index (χ3v) is 4.15. The Kier molecular flexibility index (Phi) is 4.78. The van der Waals surface area contributed by atoms with Crippen molar-refractivity contribution in [3.63, 3.8) is 0 Å². The first-order valence-electron chi connectivity index (χ1n) is 7.33. The molecule has 0 radical (unpaired) electrons. The van der Waals surface area contributed by atoms with Gasteiger partial charge >= 0.3 is 0 Å². The van der Waals surface area contributed by atoms with Crippen LogP contribution in [-0.2, 0) is 10.3 Å². The van der Waals surface area contributed by atoms with Gasteiger partial charge in [-0.3, -0.25) is 4.79 Å². The molecule has 0 spiro atoms. The van der Waals surface area contributed by atoms with Crippen molar-refractivity contribution in [2.24, 2.45) is 5.73 Å². The van der Waals surface area contributed by atoms with Crippen LogP contribution in [0.2, 0.25) is 0 Å². The van der Waals surface area contributed by atoms with Crippen molar-refractivity contribution in [1.82, 2.24) is 4.90 Å². The Morgan fingerprint density at radius 2 is 2.05 bits per heavy atom. The van der Waals surface area contributed by atoms with Gasteiger partial charge in [0, 0.05) is 19.2 Å². The zero-order valence-electron chi connectivity index (χ0n) is 12.1. The number of nitrogens with two attached hydrogens (primary N) is 1. The van der Waals surface area contributed by atoms with Gasteiger partial charge in [0.05, 0.1) is 0 Å². The van der Waals surface area contributed by atoms with Gasteiger partial charge in [0.15, 0.2) is 0 Å². The van der Waals surface area contributed by atoms with Crippen LogP contribution >= 0.6 is 0 Å². The van der Waals surface area contributed by atoms with Crippen molar-refractivity contribution < 1.29 is 9.90 Å². The molecule has 0 heterocycles. The van der Waals surface area contributed by atoms with E-state index in [4.69, 9.17) is 10.8 Å². The summed E-state index contributed by atoms with van der Waals surface area (Å²) in [5.74, 6) is -0.0400. The highest BCUT2D eigenvalue weighted by Crippen LogP contribution is 2.29. The van der Waals surface area contributed by atoms with Crippen molar-refractivity contribution in [3.05, 3.63) is 35.9 Å². The molecule has 1 amide bonds. The van der Waals surface area contributed by atoms with E-state index in [0.717, 1.165) is 18.4 Å². The maximum absolute atomic E-state index is 12.8. The Hall–Kier alpha value is -1.39. The number of amides is 1. The van der Waals surface area contributed by atoms with E-state index in [0.29, 0.717) is 19.0 Å². The summed E-state index contributed by atoms with van der Waals surface area (Å²) in [4.78, 5) is 14.7. The molecule has 2 rings (SSSR count). The zero-order chi connectivity index (χ0) is 14.6. The van der Waals surface area contributed by atoms with Crippen LogP contribution in [0.5, 0.6) is 0 Å². The van der Waals surface area contributed by atoms with Crippen LogP contribution in [0.25, 0.3) is 0 Å². The zero-order valence-corrected chi connectivity index (χ0v) is 12.1. The number of carbonyl (C=O) groups excluding carboxylic acids is 1. The molecule has 1 unspecified atom stereocenters. The molecular weight excluding hydrogens is 252 g/mol. The summed E-state index contributed by atoms with van der Waals surface area (Å²) in [7, 11) is 0. The first kappa shape index (κ1) is 15.0. The molecule has 0 aliphatic heterocycles. The highest BCUT2D eigenvalue weighted by molar-refractivity contribution is 5.87. The van der Waals surface area contributed by atoms with E-state index in [2.05, 4.69) is 0 Å². The monoisotopic (exact) mass is 276 g/mol.